The van der Waals surface area contributed by atoms with Gasteiger partial charge in [-0.05, 0) is 24.6 Å². The number of carbonyl (C=O) groups excluding carboxylic acids is 1. The first-order chi connectivity index (χ1) is 11.0. The van der Waals surface area contributed by atoms with Crippen molar-refractivity contribution in [1.29, 1.82) is 0 Å². The molecule has 3 rings (SSSR count). The number of nitrogens with zero attached hydrogens (tertiary/aromatic N) is 1. The van der Waals surface area contributed by atoms with Crippen LogP contribution in [0.1, 0.15) is 21.6 Å². The van der Waals surface area contributed by atoms with Gasteiger partial charge < -0.3 is 14.6 Å². The van der Waals surface area contributed by atoms with Gasteiger partial charge in [0.05, 0.1) is 13.7 Å². The van der Waals surface area contributed by atoms with Crippen LogP contribution in [0.25, 0.3) is 0 Å². The van der Waals surface area contributed by atoms with Gasteiger partial charge in [-0.1, -0.05) is 11.6 Å². The van der Waals surface area contributed by atoms with E-state index in [-0.39, 0.29) is 12.5 Å². The molecular weight excluding hydrogens is 322 g/mol. The third-order valence-electron chi connectivity index (χ3n) is 3.75. The van der Waals surface area contributed by atoms with Gasteiger partial charge in [0.1, 0.15) is 5.75 Å². The second-order valence-electron chi connectivity index (χ2n) is 5.22. The Morgan fingerprint density at radius 3 is 2.78 bits per heavy atom. The van der Waals surface area contributed by atoms with E-state index < -0.39 is 11.2 Å². The molecule has 0 saturated heterocycles. The molecule has 0 fully saturated rings. The Bertz CT molecular complexity index is 887. The zero-order valence-electron chi connectivity index (χ0n) is 12.3. The van der Waals surface area contributed by atoms with Gasteiger partial charge >= 0.3 is 5.69 Å². The molecule has 1 aromatic carbocycles. The fraction of sp³-hybridized carbons (Fsp3) is 0.267. The largest absolute Gasteiger partial charge is 0.497 e. The van der Waals surface area contributed by atoms with Crippen LogP contribution in [0.2, 0.25) is 5.02 Å². The number of benzene rings is 1. The molecule has 0 atom stereocenters. The highest BCUT2D eigenvalue weighted by Crippen LogP contribution is 2.23. The van der Waals surface area contributed by atoms with Crippen LogP contribution in [0.3, 0.4) is 0 Å². The summed E-state index contributed by atoms with van der Waals surface area (Å²) in [4.78, 5) is 42.1. The maximum absolute atomic E-state index is 12.6. The van der Waals surface area contributed by atoms with Gasteiger partial charge in [0.15, 0.2) is 0 Å². The first-order valence-corrected chi connectivity index (χ1v) is 7.34. The number of aromatic nitrogens is 2. The predicted molar refractivity (Wildman–Crippen MR) is 84.1 cm³/mol. The predicted octanol–water partition coefficient (Wildman–Crippen LogP) is 0.924. The van der Waals surface area contributed by atoms with Crippen LogP contribution in [0.4, 0.5) is 0 Å². The van der Waals surface area contributed by atoms with Crippen molar-refractivity contribution in [2.24, 2.45) is 0 Å². The van der Waals surface area contributed by atoms with E-state index in [1.807, 2.05) is 0 Å². The van der Waals surface area contributed by atoms with Crippen molar-refractivity contribution in [1.82, 2.24) is 14.9 Å². The Labute approximate surface area is 135 Å². The molecule has 0 bridgehead atoms. The number of ether oxygens (including phenoxy) is 1. The van der Waals surface area contributed by atoms with E-state index in [2.05, 4.69) is 9.97 Å². The van der Waals surface area contributed by atoms with Crippen molar-refractivity contribution in [3.05, 3.63) is 60.9 Å². The molecular formula is C15H14ClN3O4. The summed E-state index contributed by atoms with van der Waals surface area (Å²) in [6.45, 7) is 0.554. The average molecular weight is 336 g/mol. The van der Waals surface area contributed by atoms with Gasteiger partial charge in [-0.3, -0.25) is 14.6 Å². The number of hydrogen-bond donors (Lipinski definition) is 2. The Morgan fingerprint density at radius 2 is 2.04 bits per heavy atom. The molecule has 1 aliphatic heterocycles. The highest BCUT2D eigenvalue weighted by Gasteiger charge is 2.24. The van der Waals surface area contributed by atoms with Crippen LogP contribution >= 0.6 is 11.6 Å². The Kier molecular flexibility index (Phi) is 3.96. The molecule has 0 saturated carbocycles. The van der Waals surface area contributed by atoms with E-state index >= 15 is 0 Å². The first-order valence-electron chi connectivity index (χ1n) is 6.96. The number of carbonyl (C=O) groups is 1. The Balaban J connectivity index is 1.91. The molecule has 0 unspecified atom stereocenters. The fourth-order valence-electron chi connectivity index (χ4n) is 2.64. The van der Waals surface area contributed by atoms with E-state index in [4.69, 9.17) is 16.3 Å². The topological polar surface area (TPSA) is 95.3 Å². The van der Waals surface area contributed by atoms with Gasteiger partial charge in [-0.2, -0.15) is 0 Å². The van der Waals surface area contributed by atoms with E-state index in [1.54, 1.807) is 23.1 Å². The number of nitrogens with one attached hydrogen (secondary N) is 2. The number of H-pyrrole nitrogens is 2. The van der Waals surface area contributed by atoms with Crippen molar-refractivity contribution in [2.75, 3.05) is 13.7 Å². The van der Waals surface area contributed by atoms with E-state index in [0.29, 0.717) is 40.6 Å². The Morgan fingerprint density at radius 1 is 1.26 bits per heavy atom. The quantitative estimate of drug-likeness (QED) is 0.853. The average Bonchev–Trinajstić information content (AvgIpc) is 2.52. The first kappa shape index (κ1) is 15.4. The molecule has 8 heteroatoms. The number of rotatable bonds is 2. The van der Waals surface area contributed by atoms with Gasteiger partial charge in [0, 0.05) is 28.4 Å². The van der Waals surface area contributed by atoms with Gasteiger partial charge in [-0.15, -0.1) is 0 Å². The number of methoxy groups -OCH3 is 1. The summed E-state index contributed by atoms with van der Waals surface area (Å²) in [5, 5.41) is 0.398. The molecule has 0 radical (unpaired) electrons. The monoisotopic (exact) mass is 335 g/mol. The normalized spacial score (nSPS) is 13.6. The highest BCUT2D eigenvalue weighted by molar-refractivity contribution is 6.31. The zero-order valence-corrected chi connectivity index (χ0v) is 13.1. The lowest BCUT2D eigenvalue weighted by Crippen LogP contribution is -2.41. The van der Waals surface area contributed by atoms with Crippen molar-refractivity contribution < 1.29 is 9.53 Å². The van der Waals surface area contributed by atoms with E-state index in [1.165, 1.54) is 7.11 Å². The number of amides is 1. The minimum Gasteiger partial charge on any atom is -0.497 e. The van der Waals surface area contributed by atoms with Crippen LogP contribution in [0, 0.1) is 0 Å². The molecule has 2 aromatic rings. The van der Waals surface area contributed by atoms with E-state index in [0.717, 1.165) is 0 Å². The van der Waals surface area contributed by atoms with Crippen molar-refractivity contribution in [3.63, 3.8) is 0 Å². The maximum atomic E-state index is 12.6. The summed E-state index contributed by atoms with van der Waals surface area (Å²) in [6, 6.07) is 4.77. The molecule has 0 aliphatic carbocycles. The number of aromatic amines is 2. The van der Waals surface area contributed by atoms with Crippen LogP contribution in [0.15, 0.2) is 27.8 Å². The molecule has 1 amide bonds. The molecule has 1 aromatic heterocycles. The lowest BCUT2D eigenvalue weighted by molar-refractivity contribution is 0.0730. The summed E-state index contributed by atoms with van der Waals surface area (Å²) in [5.41, 5.74) is 0.391. The van der Waals surface area contributed by atoms with Crippen molar-refractivity contribution in [2.45, 2.75) is 13.0 Å². The van der Waals surface area contributed by atoms with Crippen LogP contribution in [-0.4, -0.2) is 34.4 Å². The number of hydrogen-bond acceptors (Lipinski definition) is 4. The molecule has 2 N–H and O–H groups in total. The summed E-state index contributed by atoms with van der Waals surface area (Å²) in [5.74, 6) is 0.251. The lowest BCUT2D eigenvalue weighted by atomic mass is 10.1. The van der Waals surface area contributed by atoms with Crippen LogP contribution < -0.4 is 16.0 Å². The van der Waals surface area contributed by atoms with Gasteiger partial charge in [0.25, 0.3) is 11.5 Å². The minimum absolute atomic E-state index is 0.169. The van der Waals surface area contributed by atoms with Gasteiger partial charge in [0.2, 0.25) is 0 Å². The van der Waals surface area contributed by atoms with E-state index in [9.17, 15) is 14.4 Å². The summed E-state index contributed by atoms with van der Waals surface area (Å²) in [7, 11) is 1.49. The fourth-order valence-corrected chi connectivity index (χ4v) is 2.86. The zero-order chi connectivity index (χ0) is 16.6. The SMILES string of the molecule is COc1cc(Cl)cc(C(=O)N2CCc3c([nH]c(=O)[nH]c3=O)C2)c1. The molecule has 120 valence electrons. The van der Waals surface area contributed by atoms with Crippen molar-refractivity contribution >= 4 is 17.5 Å². The summed E-state index contributed by atoms with van der Waals surface area (Å²) in [6.07, 6.45) is 0.380. The molecule has 2 heterocycles. The number of fused-ring (bicyclic) bond motifs is 1. The second-order valence-corrected chi connectivity index (χ2v) is 5.66. The molecule has 7 nitrogen and oxygen atoms in total. The Hall–Kier alpha value is -2.54. The summed E-state index contributed by atoms with van der Waals surface area (Å²) >= 11 is 5.99. The summed E-state index contributed by atoms with van der Waals surface area (Å²) < 4.78 is 5.11. The second kappa shape index (κ2) is 5.92. The smallest absolute Gasteiger partial charge is 0.325 e. The minimum atomic E-state index is -0.576. The molecule has 23 heavy (non-hydrogen) atoms. The van der Waals surface area contributed by atoms with Crippen LogP contribution in [0.5, 0.6) is 5.75 Å². The molecule has 1 aliphatic rings. The molecule has 0 spiro atoms. The number of halogens is 1. The third-order valence-corrected chi connectivity index (χ3v) is 3.97. The standard InChI is InChI=1S/C15H14ClN3O4/c1-23-10-5-8(4-9(16)6-10)14(21)19-3-2-11-12(7-19)17-15(22)18-13(11)20/h4-6H,2-3,7H2,1H3,(H2,17,18,20,22). The van der Waals surface area contributed by atoms with Gasteiger partial charge in [-0.25, -0.2) is 4.79 Å². The lowest BCUT2D eigenvalue weighted by Gasteiger charge is -2.28. The van der Waals surface area contributed by atoms with Crippen LogP contribution in [-0.2, 0) is 13.0 Å². The third kappa shape index (κ3) is 3.00. The van der Waals surface area contributed by atoms with Crippen molar-refractivity contribution in [3.8, 4) is 5.75 Å². The highest BCUT2D eigenvalue weighted by atomic mass is 35.5. The maximum Gasteiger partial charge on any atom is 0.325 e.